The van der Waals surface area contributed by atoms with Gasteiger partial charge in [-0.3, -0.25) is 9.59 Å². The number of nitrogens with two attached hydrogens (primary N) is 1. The second kappa shape index (κ2) is 3.64. The number of hydrogen-bond donors (Lipinski definition) is 1. The summed E-state index contributed by atoms with van der Waals surface area (Å²) in [6.45, 7) is 0. The number of allylic oxidation sites excluding steroid dienone is 2. The van der Waals surface area contributed by atoms with Crippen molar-refractivity contribution in [2.45, 2.75) is 11.4 Å². The van der Waals surface area contributed by atoms with E-state index in [4.69, 9.17) is 17.3 Å². The summed E-state index contributed by atoms with van der Waals surface area (Å²) in [6, 6.07) is 6.75. The van der Waals surface area contributed by atoms with Gasteiger partial charge in [-0.1, -0.05) is 41.9 Å². The van der Waals surface area contributed by atoms with Crippen LogP contribution in [0.2, 0.25) is 0 Å². The van der Waals surface area contributed by atoms with Crippen molar-refractivity contribution in [3.63, 3.8) is 0 Å². The van der Waals surface area contributed by atoms with Gasteiger partial charge in [-0.2, -0.15) is 0 Å². The normalized spacial score (nSPS) is 26.1. The van der Waals surface area contributed by atoms with Gasteiger partial charge in [0.25, 0.3) is 0 Å². The lowest BCUT2D eigenvalue weighted by atomic mass is 9.77. The monoisotopic (exact) mass is 259 g/mol. The summed E-state index contributed by atoms with van der Waals surface area (Å²) in [5.41, 5.74) is 7.34. The highest BCUT2D eigenvalue weighted by molar-refractivity contribution is 6.36. The van der Waals surface area contributed by atoms with E-state index in [1.807, 2.05) is 0 Å². The molecule has 0 radical (unpaired) electrons. The van der Waals surface area contributed by atoms with Crippen molar-refractivity contribution in [2.75, 3.05) is 0 Å². The predicted octanol–water partition coefficient (Wildman–Crippen LogP) is 2.22. The Hall–Kier alpha value is -1.71. The number of halogens is 1. The van der Waals surface area contributed by atoms with Crippen LogP contribution >= 0.6 is 11.6 Å². The third-order valence-electron chi connectivity index (χ3n) is 3.28. The number of fused-ring (bicyclic) bond motifs is 1. The summed E-state index contributed by atoms with van der Waals surface area (Å²) in [7, 11) is 0. The molecule has 1 aromatic carbocycles. The molecule has 0 aromatic heterocycles. The number of alkyl halides is 1. The minimum Gasteiger partial charge on any atom is -0.306 e. The van der Waals surface area contributed by atoms with Gasteiger partial charge in [0, 0.05) is 22.3 Å². The van der Waals surface area contributed by atoms with Crippen molar-refractivity contribution in [3.05, 3.63) is 58.7 Å². The van der Waals surface area contributed by atoms with Crippen LogP contribution in [-0.4, -0.2) is 16.6 Å². The van der Waals surface area contributed by atoms with Crippen LogP contribution in [0, 0.1) is 0 Å². The Morgan fingerprint density at radius 3 is 2.39 bits per heavy atom. The lowest BCUT2D eigenvalue weighted by molar-refractivity contribution is 0.0967. The predicted molar refractivity (Wildman–Crippen MR) is 68.7 cm³/mol. The maximum absolute atomic E-state index is 12.4. The smallest absolute Gasteiger partial charge is 0.193 e. The zero-order valence-electron chi connectivity index (χ0n) is 9.44. The molecule has 0 spiro atoms. The van der Waals surface area contributed by atoms with Crippen molar-refractivity contribution in [1.82, 2.24) is 0 Å². The molecule has 2 aliphatic carbocycles. The Bertz CT molecular complexity index is 641. The van der Waals surface area contributed by atoms with Crippen molar-refractivity contribution >= 4 is 23.2 Å². The zero-order chi connectivity index (χ0) is 12.9. The summed E-state index contributed by atoms with van der Waals surface area (Å²) in [6.07, 6.45) is 3.69. The van der Waals surface area contributed by atoms with Gasteiger partial charge in [0.2, 0.25) is 0 Å². The first-order valence-electron chi connectivity index (χ1n) is 5.60. The number of carbonyl (C=O) groups is 2. The van der Waals surface area contributed by atoms with Crippen LogP contribution in [-0.2, 0) is 0 Å². The molecule has 18 heavy (non-hydrogen) atoms. The van der Waals surface area contributed by atoms with Gasteiger partial charge in [-0.15, -0.1) is 0 Å². The van der Waals surface area contributed by atoms with Gasteiger partial charge in [-0.05, 0) is 12.5 Å². The minimum atomic E-state index is -1.38. The average molecular weight is 260 g/mol. The molecule has 3 rings (SSSR count). The standard InChI is InChI=1S/C14H10ClNO2/c15-14(16)7-3-6-10-11(14)13(18)9-5-2-1-4-8(9)12(10)17/h1-5,7H,6,16H2. The number of Topliss-reactive ketones (excluding diaryl/α,β-unsaturated/α-hetero) is 2. The molecule has 2 aliphatic rings. The fourth-order valence-corrected chi connectivity index (χ4v) is 2.75. The van der Waals surface area contributed by atoms with Crippen LogP contribution in [0.1, 0.15) is 27.1 Å². The van der Waals surface area contributed by atoms with Gasteiger partial charge < -0.3 is 5.73 Å². The third-order valence-corrected chi connectivity index (χ3v) is 3.60. The number of rotatable bonds is 0. The molecule has 0 bridgehead atoms. The molecule has 0 saturated carbocycles. The molecule has 3 nitrogen and oxygen atoms in total. The minimum absolute atomic E-state index is 0.153. The summed E-state index contributed by atoms with van der Waals surface area (Å²) < 4.78 is 0. The van der Waals surface area contributed by atoms with Gasteiger partial charge >= 0.3 is 0 Å². The maximum Gasteiger partial charge on any atom is 0.193 e. The van der Waals surface area contributed by atoms with E-state index in [-0.39, 0.29) is 17.1 Å². The third kappa shape index (κ3) is 1.41. The fraction of sp³-hybridized carbons (Fsp3) is 0.143. The first-order valence-corrected chi connectivity index (χ1v) is 5.98. The van der Waals surface area contributed by atoms with Gasteiger partial charge in [-0.25, -0.2) is 0 Å². The topological polar surface area (TPSA) is 60.2 Å². The van der Waals surface area contributed by atoms with E-state index in [2.05, 4.69) is 0 Å². The molecule has 1 aromatic rings. The SMILES string of the molecule is NC1(Cl)C=CCC2=C1C(=O)c1ccccc1C2=O. The number of carbonyl (C=O) groups excluding carboxylic acids is 2. The molecular formula is C14H10ClNO2. The van der Waals surface area contributed by atoms with E-state index >= 15 is 0 Å². The average Bonchev–Trinajstić information content (AvgIpc) is 2.35. The van der Waals surface area contributed by atoms with Crippen LogP contribution in [0.25, 0.3) is 0 Å². The Kier molecular flexibility index (Phi) is 2.30. The van der Waals surface area contributed by atoms with Crippen LogP contribution in [0.4, 0.5) is 0 Å². The fourth-order valence-electron chi connectivity index (χ4n) is 2.46. The van der Waals surface area contributed by atoms with E-state index in [0.717, 1.165) is 0 Å². The number of ketones is 2. The zero-order valence-corrected chi connectivity index (χ0v) is 10.2. The molecule has 4 heteroatoms. The number of hydrogen-bond acceptors (Lipinski definition) is 3. The molecule has 0 amide bonds. The number of benzene rings is 1. The Morgan fingerprint density at radius 2 is 1.72 bits per heavy atom. The van der Waals surface area contributed by atoms with E-state index < -0.39 is 5.00 Å². The lowest BCUT2D eigenvalue weighted by Crippen LogP contribution is -2.42. The molecule has 0 saturated heterocycles. The Balaban J connectivity index is 2.28. The summed E-state index contributed by atoms with van der Waals surface area (Å²) in [5.74, 6) is -0.401. The van der Waals surface area contributed by atoms with Crippen molar-refractivity contribution in [1.29, 1.82) is 0 Å². The van der Waals surface area contributed by atoms with E-state index in [1.165, 1.54) is 0 Å². The van der Waals surface area contributed by atoms with Crippen LogP contribution in [0.15, 0.2) is 47.6 Å². The Labute approximate surface area is 109 Å². The van der Waals surface area contributed by atoms with E-state index in [0.29, 0.717) is 23.1 Å². The van der Waals surface area contributed by atoms with Crippen molar-refractivity contribution in [3.8, 4) is 0 Å². The van der Waals surface area contributed by atoms with E-state index in [1.54, 1.807) is 36.4 Å². The lowest BCUT2D eigenvalue weighted by Gasteiger charge is -2.30. The molecule has 2 N–H and O–H groups in total. The van der Waals surface area contributed by atoms with Crippen LogP contribution < -0.4 is 5.73 Å². The summed E-state index contributed by atoms with van der Waals surface area (Å²) in [5, 5.41) is 0. The van der Waals surface area contributed by atoms with Crippen LogP contribution in [0.5, 0.6) is 0 Å². The quantitative estimate of drug-likeness (QED) is 0.441. The molecule has 1 atom stereocenters. The largest absolute Gasteiger partial charge is 0.306 e. The summed E-state index contributed by atoms with van der Waals surface area (Å²) >= 11 is 6.13. The molecule has 0 heterocycles. The highest BCUT2D eigenvalue weighted by atomic mass is 35.5. The first kappa shape index (κ1) is 11.4. The van der Waals surface area contributed by atoms with Gasteiger partial charge in [0.05, 0.1) is 0 Å². The second-order valence-corrected chi connectivity index (χ2v) is 5.06. The molecule has 0 fully saturated rings. The highest BCUT2D eigenvalue weighted by Gasteiger charge is 2.41. The highest BCUT2D eigenvalue weighted by Crippen LogP contribution is 2.38. The van der Waals surface area contributed by atoms with E-state index in [9.17, 15) is 9.59 Å². The Morgan fingerprint density at radius 1 is 1.11 bits per heavy atom. The first-order chi connectivity index (χ1) is 8.52. The maximum atomic E-state index is 12.4. The van der Waals surface area contributed by atoms with Crippen molar-refractivity contribution in [2.24, 2.45) is 5.73 Å². The van der Waals surface area contributed by atoms with Gasteiger partial charge in [0.1, 0.15) is 5.00 Å². The van der Waals surface area contributed by atoms with Crippen molar-refractivity contribution < 1.29 is 9.59 Å². The summed E-state index contributed by atoms with van der Waals surface area (Å²) in [4.78, 5) is 23.3. The molecular weight excluding hydrogens is 250 g/mol. The van der Waals surface area contributed by atoms with Crippen LogP contribution in [0.3, 0.4) is 0 Å². The second-order valence-electron chi connectivity index (χ2n) is 4.43. The molecule has 0 aliphatic heterocycles. The molecule has 90 valence electrons. The molecule has 1 unspecified atom stereocenters. The van der Waals surface area contributed by atoms with Gasteiger partial charge in [0.15, 0.2) is 11.6 Å².